The monoisotopic (exact) mass is 480 g/mol. The predicted molar refractivity (Wildman–Crippen MR) is 139 cm³/mol. The molecule has 0 aromatic heterocycles. The SMILES string of the molecule is CN(CCCC(Cc1cccc(N=C/C(Cc2ccccc2)=N\N)c1)C(=O)O)C(=O)OC(C)(C)C. The number of hydrogen-bond donors (Lipinski definition) is 2. The summed E-state index contributed by atoms with van der Waals surface area (Å²) < 4.78 is 5.34. The minimum Gasteiger partial charge on any atom is -0.481 e. The van der Waals surface area contributed by atoms with Gasteiger partial charge in [-0.15, -0.1) is 0 Å². The van der Waals surface area contributed by atoms with Crippen molar-refractivity contribution in [3.8, 4) is 0 Å². The minimum atomic E-state index is -0.862. The Morgan fingerprint density at radius 3 is 2.43 bits per heavy atom. The molecule has 0 spiro atoms. The second-order valence-electron chi connectivity index (χ2n) is 9.49. The number of ether oxygens (including phenoxy) is 1. The van der Waals surface area contributed by atoms with Gasteiger partial charge in [0.2, 0.25) is 0 Å². The number of nitrogens with two attached hydrogens (primary N) is 1. The van der Waals surface area contributed by atoms with Crippen molar-refractivity contribution >= 4 is 29.7 Å². The largest absolute Gasteiger partial charge is 0.481 e. The first-order valence-electron chi connectivity index (χ1n) is 11.7. The summed E-state index contributed by atoms with van der Waals surface area (Å²) in [5.41, 5.74) is 2.73. The Bertz CT molecular complexity index is 1030. The number of rotatable bonds is 11. The number of hydrogen-bond acceptors (Lipinski definition) is 6. The molecule has 0 heterocycles. The highest BCUT2D eigenvalue weighted by atomic mass is 16.6. The lowest BCUT2D eigenvalue weighted by atomic mass is 9.94. The van der Waals surface area contributed by atoms with Crippen LogP contribution >= 0.6 is 0 Å². The summed E-state index contributed by atoms with van der Waals surface area (Å²) in [7, 11) is 1.65. The van der Waals surface area contributed by atoms with Gasteiger partial charge in [-0.25, -0.2) is 4.79 Å². The highest BCUT2D eigenvalue weighted by Crippen LogP contribution is 2.20. The number of nitrogens with zero attached hydrogens (tertiary/aromatic N) is 3. The maximum atomic E-state index is 12.1. The van der Waals surface area contributed by atoms with Crippen LogP contribution in [0.25, 0.3) is 0 Å². The van der Waals surface area contributed by atoms with Crippen LogP contribution in [0.3, 0.4) is 0 Å². The molecule has 0 aliphatic rings. The maximum absolute atomic E-state index is 12.1. The van der Waals surface area contributed by atoms with Crippen LogP contribution in [0.5, 0.6) is 0 Å². The Balaban J connectivity index is 1.95. The van der Waals surface area contributed by atoms with Crippen molar-refractivity contribution in [1.82, 2.24) is 4.90 Å². The molecule has 0 saturated heterocycles. The van der Waals surface area contributed by atoms with E-state index in [0.717, 1.165) is 11.1 Å². The van der Waals surface area contributed by atoms with E-state index in [1.807, 2.05) is 75.4 Å². The van der Waals surface area contributed by atoms with Crippen molar-refractivity contribution in [2.75, 3.05) is 13.6 Å². The Morgan fingerprint density at radius 1 is 1.11 bits per heavy atom. The zero-order chi connectivity index (χ0) is 25.8. The molecule has 0 aliphatic carbocycles. The smallest absolute Gasteiger partial charge is 0.410 e. The third-order valence-electron chi connectivity index (χ3n) is 5.25. The standard InChI is InChI=1S/C27H36N4O4/c1-27(2,3)35-26(34)31(4)15-9-13-22(25(32)33)16-21-12-8-14-23(18-21)29-19-24(30-28)17-20-10-6-5-7-11-20/h5-8,10-12,14,18-19,22H,9,13,15-17,28H2,1-4H3,(H,32,33)/b29-19?,30-24-. The van der Waals surface area contributed by atoms with Crippen LogP contribution in [-0.4, -0.2) is 53.2 Å². The summed E-state index contributed by atoms with van der Waals surface area (Å²) in [5.74, 6) is 4.10. The first-order chi connectivity index (χ1) is 16.6. The number of benzene rings is 2. The predicted octanol–water partition coefficient (Wildman–Crippen LogP) is 4.84. The van der Waals surface area contributed by atoms with E-state index in [1.54, 1.807) is 13.3 Å². The highest BCUT2D eigenvalue weighted by Gasteiger charge is 2.21. The normalized spacial score (nSPS) is 13.0. The lowest BCUT2D eigenvalue weighted by Gasteiger charge is -2.25. The number of aliphatic carboxylic acids is 1. The molecule has 2 aromatic carbocycles. The van der Waals surface area contributed by atoms with Gasteiger partial charge < -0.3 is 20.6 Å². The van der Waals surface area contributed by atoms with Crippen molar-refractivity contribution in [2.45, 2.75) is 52.1 Å². The van der Waals surface area contributed by atoms with Gasteiger partial charge in [-0.05, 0) is 63.3 Å². The van der Waals surface area contributed by atoms with Crippen LogP contribution in [0.4, 0.5) is 10.5 Å². The van der Waals surface area contributed by atoms with Gasteiger partial charge in [-0.1, -0.05) is 42.5 Å². The van der Waals surface area contributed by atoms with Crippen LogP contribution in [0.2, 0.25) is 0 Å². The average Bonchev–Trinajstić information content (AvgIpc) is 2.80. The third kappa shape index (κ3) is 10.4. The Hall–Kier alpha value is -3.68. The molecule has 35 heavy (non-hydrogen) atoms. The number of carbonyl (C=O) groups is 2. The summed E-state index contributed by atoms with van der Waals surface area (Å²) >= 11 is 0. The van der Waals surface area contributed by atoms with Crippen molar-refractivity contribution < 1.29 is 19.4 Å². The summed E-state index contributed by atoms with van der Waals surface area (Å²) in [4.78, 5) is 29.9. The van der Waals surface area contributed by atoms with E-state index < -0.39 is 23.6 Å². The first-order valence-corrected chi connectivity index (χ1v) is 11.7. The molecule has 3 N–H and O–H groups in total. The first kappa shape index (κ1) is 27.6. The van der Waals surface area contributed by atoms with Gasteiger partial charge in [0.15, 0.2) is 0 Å². The molecule has 8 heteroatoms. The molecular weight excluding hydrogens is 444 g/mol. The molecule has 1 atom stereocenters. The van der Waals surface area contributed by atoms with Gasteiger partial charge in [-0.2, -0.15) is 5.10 Å². The molecule has 0 bridgehead atoms. The van der Waals surface area contributed by atoms with Gasteiger partial charge in [0.1, 0.15) is 5.60 Å². The maximum Gasteiger partial charge on any atom is 0.410 e. The lowest BCUT2D eigenvalue weighted by molar-refractivity contribution is -0.142. The summed E-state index contributed by atoms with van der Waals surface area (Å²) in [6.45, 7) is 5.85. The van der Waals surface area contributed by atoms with Gasteiger partial charge in [0.05, 0.1) is 23.5 Å². The molecular formula is C27H36N4O4. The Morgan fingerprint density at radius 2 is 1.80 bits per heavy atom. The fraction of sp³-hybridized carbons (Fsp3) is 0.407. The molecule has 2 aromatic rings. The molecule has 0 aliphatic heterocycles. The van der Waals surface area contributed by atoms with Gasteiger partial charge in [0, 0.05) is 20.0 Å². The number of carboxylic acids is 1. The molecule has 188 valence electrons. The van der Waals surface area contributed by atoms with E-state index in [0.29, 0.717) is 43.6 Å². The van der Waals surface area contributed by atoms with Crippen LogP contribution in [0.1, 0.15) is 44.7 Å². The number of carboxylic acid groups (broad SMARTS) is 1. The van der Waals surface area contributed by atoms with Crippen LogP contribution in [-0.2, 0) is 22.4 Å². The Labute approximate surface area is 207 Å². The molecule has 1 unspecified atom stereocenters. The number of aliphatic imine (C=N–C) groups is 1. The molecule has 2 rings (SSSR count). The summed E-state index contributed by atoms with van der Waals surface area (Å²) in [6.07, 6.45) is 3.16. The van der Waals surface area contributed by atoms with Crippen molar-refractivity contribution in [1.29, 1.82) is 0 Å². The highest BCUT2D eigenvalue weighted by molar-refractivity contribution is 6.31. The van der Waals surface area contributed by atoms with Gasteiger partial charge >= 0.3 is 12.1 Å². The van der Waals surface area contributed by atoms with Crippen molar-refractivity contribution in [3.05, 3.63) is 65.7 Å². The van der Waals surface area contributed by atoms with E-state index in [-0.39, 0.29) is 0 Å². The molecule has 0 saturated carbocycles. The van der Waals surface area contributed by atoms with E-state index >= 15 is 0 Å². The fourth-order valence-electron chi connectivity index (χ4n) is 3.45. The minimum absolute atomic E-state index is 0.372. The second-order valence-corrected chi connectivity index (χ2v) is 9.49. The van der Waals surface area contributed by atoms with Crippen LogP contribution in [0, 0.1) is 5.92 Å². The van der Waals surface area contributed by atoms with Crippen LogP contribution in [0.15, 0.2) is 64.7 Å². The molecule has 0 fully saturated rings. The number of carbonyl (C=O) groups excluding carboxylic acids is 1. The van der Waals surface area contributed by atoms with Crippen LogP contribution < -0.4 is 5.84 Å². The quantitative estimate of drug-likeness (QED) is 0.271. The van der Waals surface area contributed by atoms with E-state index in [1.165, 1.54) is 4.90 Å². The Kier molecular flexibility index (Phi) is 10.5. The fourth-order valence-corrected chi connectivity index (χ4v) is 3.45. The third-order valence-corrected chi connectivity index (χ3v) is 5.25. The zero-order valence-corrected chi connectivity index (χ0v) is 21.0. The van der Waals surface area contributed by atoms with E-state index in [4.69, 9.17) is 10.6 Å². The van der Waals surface area contributed by atoms with Gasteiger partial charge in [-0.3, -0.25) is 9.79 Å². The van der Waals surface area contributed by atoms with E-state index in [9.17, 15) is 14.7 Å². The van der Waals surface area contributed by atoms with Crippen molar-refractivity contribution in [3.63, 3.8) is 0 Å². The zero-order valence-electron chi connectivity index (χ0n) is 21.0. The molecule has 8 nitrogen and oxygen atoms in total. The summed E-state index contributed by atoms with van der Waals surface area (Å²) in [6, 6.07) is 17.3. The number of hydrazone groups is 1. The number of amides is 1. The molecule has 1 amide bonds. The van der Waals surface area contributed by atoms with Gasteiger partial charge in [0.25, 0.3) is 0 Å². The topological polar surface area (TPSA) is 118 Å². The second kappa shape index (κ2) is 13.3. The van der Waals surface area contributed by atoms with Crippen molar-refractivity contribution in [2.24, 2.45) is 21.9 Å². The average molecular weight is 481 g/mol. The summed E-state index contributed by atoms with van der Waals surface area (Å²) in [5, 5.41) is 13.5. The van der Waals surface area contributed by atoms with E-state index in [2.05, 4.69) is 10.1 Å². The molecule has 0 radical (unpaired) electrons. The lowest BCUT2D eigenvalue weighted by Crippen LogP contribution is -2.35.